The van der Waals surface area contributed by atoms with Gasteiger partial charge in [0.25, 0.3) is 0 Å². The number of anilines is 1. The number of hydrogen-bond acceptors (Lipinski definition) is 3. The number of nitrogen functional groups attached to an aromatic ring is 1. The molecular formula is C11H17N3O. The Labute approximate surface area is 89.9 Å². The molecule has 1 amide bonds. The molecule has 3 N–H and O–H groups in total. The number of carbonyl (C=O) groups excluding carboxylic acids is 1. The standard InChI is InChI=1S/C11H17N3O/c1-8(2)6-14-11(15)5-10-4-3-9(12)7-13-10/h3-4,7-8H,5-6,12H2,1-2H3,(H,14,15). The van der Waals surface area contributed by atoms with E-state index in [-0.39, 0.29) is 5.91 Å². The van der Waals surface area contributed by atoms with Gasteiger partial charge in [-0.05, 0) is 18.1 Å². The molecule has 0 bridgehead atoms. The predicted molar refractivity (Wildman–Crippen MR) is 60.2 cm³/mol. The van der Waals surface area contributed by atoms with Gasteiger partial charge in [-0.2, -0.15) is 0 Å². The predicted octanol–water partition coefficient (Wildman–Crippen LogP) is 0.978. The van der Waals surface area contributed by atoms with Crippen molar-refractivity contribution in [1.29, 1.82) is 0 Å². The number of pyridine rings is 1. The number of nitrogens with zero attached hydrogens (tertiary/aromatic N) is 1. The van der Waals surface area contributed by atoms with Gasteiger partial charge in [0.05, 0.1) is 18.3 Å². The van der Waals surface area contributed by atoms with Crippen LogP contribution in [0.5, 0.6) is 0 Å². The number of amides is 1. The molecule has 0 spiro atoms. The summed E-state index contributed by atoms with van der Waals surface area (Å²) in [6, 6.07) is 3.52. The zero-order valence-corrected chi connectivity index (χ0v) is 9.16. The van der Waals surface area contributed by atoms with Gasteiger partial charge in [0.2, 0.25) is 5.91 Å². The van der Waals surface area contributed by atoms with Crippen molar-refractivity contribution >= 4 is 11.6 Å². The topological polar surface area (TPSA) is 68.0 Å². The lowest BCUT2D eigenvalue weighted by Gasteiger charge is -2.07. The first-order chi connectivity index (χ1) is 7.08. The minimum absolute atomic E-state index is 0.000899. The molecule has 0 fully saturated rings. The van der Waals surface area contributed by atoms with Crippen LogP contribution in [0.25, 0.3) is 0 Å². The molecule has 0 atom stereocenters. The number of nitrogens with two attached hydrogens (primary N) is 1. The van der Waals surface area contributed by atoms with Crippen LogP contribution in [0.3, 0.4) is 0 Å². The number of carbonyl (C=O) groups is 1. The average molecular weight is 207 g/mol. The lowest BCUT2D eigenvalue weighted by Crippen LogP contribution is -2.28. The van der Waals surface area contributed by atoms with Crippen LogP contribution in [0, 0.1) is 5.92 Å². The first-order valence-electron chi connectivity index (χ1n) is 5.05. The lowest BCUT2D eigenvalue weighted by atomic mass is 10.2. The molecule has 0 unspecified atom stereocenters. The zero-order chi connectivity index (χ0) is 11.3. The van der Waals surface area contributed by atoms with Gasteiger partial charge >= 0.3 is 0 Å². The van der Waals surface area contributed by atoms with Crippen molar-refractivity contribution < 1.29 is 4.79 Å². The largest absolute Gasteiger partial charge is 0.397 e. The molecule has 0 aromatic carbocycles. The molecule has 1 aromatic heterocycles. The molecule has 0 radical (unpaired) electrons. The summed E-state index contributed by atoms with van der Waals surface area (Å²) in [6.45, 7) is 4.82. The van der Waals surface area contributed by atoms with Crippen LogP contribution in [-0.4, -0.2) is 17.4 Å². The van der Waals surface area contributed by atoms with Gasteiger partial charge in [-0.1, -0.05) is 13.8 Å². The molecule has 82 valence electrons. The molecule has 0 aliphatic carbocycles. The van der Waals surface area contributed by atoms with Crippen LogP contribution in [-0.2, 0) is 11.2 Å². The summed E-state index contributed by atoms with van der Waals surface area (Å²) < 4.78 is 0. The van der Waals surface area contributed by atoms with Crippen molar-refractivity contribution in [3.63, 3.8) is 0 Å². The van der Waals surface area contributed by atoms with E-state index in [1.807, 2.05) is 0 Å². The van der Waals surface area contributed by atoms with Crippen molar-refractivity contribution in [2.75, 3.05) is 12.3 Å². The van der Waals surface area contributed by atoms with Gasteiger partial charge in [0.15, 0.2) is 0 Å². The average Bonchev–Trinajstić information content (AvgIpc) is 2.19. The second-order valence-corrected chi connectivity index (χ2v) is 3.96. The Kier molecular flexibility index (Phi) is 4.09. The Morgan fingerprint density at radius 2 is 2.27 bits per heavy atom. The Morgan fingerprint density at radius 3 is 2.80 bits per heavy atom. The molecule has 1 aromatic rings. The van der Waals surface area contributed by atoms with E-state index in [2.05, 4.69) is 24.1 Å². The van der Waals surface area contributed by atoms with E-state index in [1.54, 1.807) is 18.3 Å². The summed E-state index contributed by atoms with van der Waals surface area (Å²) in [4.78, 5) is 15.5. The molecule has 0 aliphatic rings. The minimum atomic E-state index is 0.000899. The van der Waals surface area contributed by atoms with Crippen LogP contribution in [0.4, 0.5) is 5.69 Å². The van der Waals surface area contributed by atoms with E-state index in [0.29, 0.717) is 24.6 Å². The van der Waals surface area contributed by atoms with Gasteiger partial charge < -0.3 is 11.1 Å². The van der Waals surface area contributed by atoms with Gasteiger partial charge in [-0.3, -0.25) is 9.78 Å². The number of nitrogens with one attached hydrogen (secondary N) is 1. The van der Waals surface area contributed by atoms with Crippen LogP contribution in [0.15, 0.2) is 18.3 Å². The fraction of sp³-hybridized carbons (Fsp3) is 0.455. The van der Waals surface area contributed by atoms with Crippen molar-refractivity contribution in [1.82, 2.24) is 10.3 Å². The third kappa shape index (κ3) is 4.44. The first kappa shape index (κ1) is 11.5. The van der Waals surface area contributed by atoms with Gasteiger partial charge in [-0.25, -0.2) is 0 Å². The highest BCUT2D eigenvalue weighted by Crippen LogP contribution is 2.01. The molecule has 0 aliphatic heterocycles. The maximum atomic E-state index is 11.4. The van der Waals surface area contributed by atoms with Crippen LogP contribution in [0.2, 0.25) is 0 Å². The highest BCUT2D eigenvalue weighted by atomic mass is 16.1. The quantitative estimate of drug-likeness (QED) is 0.773. The molecular weight excluding hydrogens is 190 g/mol. The summed E-state index contributed by atoms with van der Waals surface area (Å²) >= 11 is 0. The van der Waals surface area contributed by atoms with E-state index < -0.39 is 0 Å². The van der Waals surface area contributed by atoms with E-state index in [0.717, 1.165) is 5.69 Å². The maximum absolute atomic E-state index is 11.4. The summed E-state index contributed by atoms with van der Waals surface area (Å²) in [5.41, 5.74) is 6.85. The normalized spacial score (nSPS) is 10.3. The zero-order valence-electron chi connectivity index (χ0n) is 9.16. The number of rotatable bonds is 4. The Morgan fingerprint density at radius 1 is 1.53 bits per heavy atom. The fourth-order valence-corrected chi connectivity index (χ4v) is 1.09. The molecule has 15 heavy (non-hydrogen) atoms. The van der Waals surface area contributed by atoms with Crippen LogP contribution in [0.1, 0.15) is 19.5 Å². The van der Waals surface area contributed by atoms with E-state index in [4.69, 9.17) is 5.73 Å². The molecule has 1 rings (SSSR count). The third-order valence-electron chi connectivity index (χ3n) is 1.90. The summed E-state index contributed by atoms with van der Waals surface area (Å²) in [6.07, 6.45) is 1.87. The molecule has 0 saturated heterocycles. The highest BCUT2D eigenvalue weighted by Gasteiger charge is 2.04. The molecule has 0 saturated carbocycles. The van der Waals surface area contributed by atoms with Gasteiger partial charge in [0, 0.05) is 12.2 Å². The van der Waals surface area contributed by atoms with Gasteiger partial charge in [0.1, 0.15) is 0 Å². The lowest BCUT2D eigenvalue weighted by molar-refractivity contribution is -0.120. The highest BCUT2D eigenvalue weighted by molar-refractivity contribution is 5.78. The smallest absolute Gasteiger partial charge is 0.226 e. The molecule has 4 heteroatoms. The fourth-order valence-electron chi connectivity index (χ4n) is 1.09. The SMILES string of the molecule is CC(C)CNC(=O)Cc1ccc(N)cn1. The van der Waals surface area contributed by atoms with Crippen molar-refractivity contribution in [2.45, 2.75) is 20.3 Å². The summed E-state index contributed by atoms with van der Waals surface area (Å²) in [5, 5.41) is 2.84. The Hall–Kier alpha value is -1.58. The number of aromatic nitrogens is 1. The third-order valence-corrected chi connectivity index (χ3v) is 1.90. The Balaban J connectivity index is 2.41. The van der Waals surface area contributed by atoms with E-state index in [1.165, 1.54) is 0 Å². The summed E-state index contributed by atoms with van der Waals surface area (Å²) in [7, 11) is 0. The second kappa shape index (κ2) is 5.34. The van der Waals surface area contributed by atoms with E-state index >= 15 is 0 Å². The van der Waals surface area contributed by atoms with Crippen molar-refractivity contribution in [3.05, 3.63) is 24.0 Å². The van der Waals surface area contributed by atoms with Crippen molar-refractivity contribution in [3.8, 4) is 0 Å². The Bertz CT molecular complexity index is 319. The minimum Gasteiger partial charge on any atom is -0.397 e. The van der Waals surface area contributed by atoms with Crippen LogP contribution < -0.4 is 11.1 Å². The second-order valence-electron chi connectivity index (χ2n) is 3.96. The van der Waals surface area contributed by atoms with Crippen molar-refractivity contribution in [2.24, 2.45) is 5.92 Å². The summed E-state index contributed by atoms with van der Waals surface area (Å²) in [5.74, 6) is 0.467. The van der Waals surface area contributed by atoms with Gasteiger partial charge in [-0.15, -0.1) is 0 Å². The van der Waals surface area contributed by atoms with Crippen LogP contribution >= 0.6 is 0 Å². The maximum Gasteiger partial charge on any atom is 0.226 e. The first-order valence-corrected chi connectivity index (χ1v) is 5.05. The van der Waals surface area contributed by atoms with E-state index in [9.17, 15) is 4.79 Å². The number of hydrogen-bond donors (Lipinski definition) is 2. The monoisotopic (exact) mass is 207 g/mol. The molecule has 1 heterocycles. The molecule has 4 nitrogen and oxygen atoms in total.